The molecular formula is C14H28N2O. The Balaban J connectivity index is 2.08. The molecule has 17 heavy (non-hydrogen) atoms. The van der Waals surface area contributed by atoms with Crippen LogP contribution in [-0.4, -0.2) is 42.3 Å². The summed E-state index contributed by atoms with van der Waals surface area (Å²) in [6, 6.07) is 0. The van der Waals surface area contributed by atoms with Gasteiger partial charge in [-0.25, -0.2) is 0 Å². The van der Waals surface area contributed by atoms with Crippen molar-refractivity contribution >= 4 is 0 Å². The molecule has 1 aliphatic heterocycles. The molecule has 2 rings (SSSR count). The molecule has 0 bridgehead atoms. The quantitative estimate of drug-likeness (QED) is 0.820. The van der Waals surface area contributed by atoms with Gasteiger partial charge in [-0.2, -0.15) is 0 Å². The summed E-state index contributed by atoms with van der Waals surface area (Å²) >= 11 is 0. The molecule has 0 amide bonds. The first-order valence-electron chi connectivity index (χ1n) is 7.10. The third-order valence-corrected chi connectivity index (χ3v) is 4.74. The van der Waals surface area contributed by atoms with E-state index in [4.69, 9.17) is 10.5 Å². The molecule has 2 atom stereocenters. The van der Waals surface area contributed by atoms with Crippen molar-refractivity contribution in [1.82, 2.24) is 4.90 Å². The zero-order valence-corrected chi connectivity index (χ0v) is 11.7. The molecule has 1 saturated heterocycles. The van der Waals surface area contributed by atoms with Crippen molar-refractivity contribution in [3.63, 3.8) is 0 Å². The summed E-state index contributed by atoms with van der Waals surface area (Å²) in [5.74, 6) is 0.879. The Morgan fingerprint density at radius 1 is 1.41 bits per heavy atom. The second-order valence-corrected chi connectivity index (χ2v) is 6.48. The molecule has 1 saturated carbocycles. The van der Waals surface area contributed by atoms with Crippen LogP contribution in [0.1, 0.15) is 46.5 Å². The molecule has 100 valence electrons. The predicted octanol–water partition coefficient (Wildman–Crippen LogP) is 2.00. The van der Waals surface area contributed by atoms with Crippen molar-refractivity contribution < 1.29 is 4.74 Å². The van der Waals surface area contributed by atoms with Crippen molar-refractivity contribution in [2.24, 2.45) is 11.7 Å². The fourth-order valence-electron chi connectivity index (χ4n) is 3.59. The molecule has 2 N–H and O–H groups in total. The third-order valence-electron chi connectivity index (χ3n) is 4.74. The van der Waals surface area contributed by atoms with Crippen molar-refractivity contribution in [2.45, 2.75) is 57.6 Å². The van der Waals surface area contributed by atoms with Crippen molar-refractivity contribution in [3.05, 3.63) is 0 Å². The Morgan fingerprint density at radius 3 is 2.71 bits per heavy atom. The van der Waals surface area contributed by atoms with Crippen LogP contribution in [0, 0.1) is 5.92 Å². The van der Waals surface area contributed by atoms with E-state index in [0.717, 1.165) is 32.2 Å². The third kappa shape index (κ3) is 2.67. The monoisotopic (exact) mass is 240 g/mol. The fourth-order valence-corrected chi connectivity index (χ4v) is 3.59. The second-order valence-electron chi connectivity index (χ2n) is 6.48. The summed E-state index contributed by atoms with van der Waals surface area (Å²) in [4.78, 5) is 2.62. The Hall–Kier alpha value is -0.120. The minimum atomic E-state index is -0.00921. The molecule has 0 aromatic heterocycles. The molecule has 3 nitrogen and oxygen atoms in total. The summed E-state index contributed by atoms with van der Waals surface area (Å²) < 4.78 is 5.82. The molecule has 0 spiro atoms. The molecule has 0 radical (unpaired) electrons. The summed E-state index contributed by atoms with van der Waals surface area (Å²) in [6.45, 7) is 10.4. The lowest BCUT2D eigenvalue weighted by molar-refractivity contribution is -0.115. The lowest BCUT2D eigenvalue weighted by Gasteiger charge is -2.48. The zero-order valence-electron chi connectivity index (χ0n) is 11.7. The van der Waals surface area contributed by atoms with Gasteiger partial charge in [0.05, 0.1) is 12.2 Å². The number of morpholine rings is 1. The van der Waals surface area contributed by atoms with E-state index in [-0.39, 0.29) is 11.1 Å². The maximum Gasteiger partial charge on any atom is 0.0753 e. The van der Waals surface area contributed by atoms with E-state index in [2.05, 4.69) is 25.7 Å². The number of hydrogen-bond donors (Lipinski definition) is 1. The van der Waals surface area contributed by atoms with Crippen LogP contribution in [0.25, 0.3) is 0 Å². The van der Waals surface area contributed by atoms with Gasteiger partial charge in [0.1, 0.15) is 0 Å². The minimum absolute atomic E-state index is 0.00921. The van der Waals surface area contributed by atoms with Gasteiger partial charge in [-0.1, -0.05) is 13.3 Å². The molecule has 2 fully saturated rings. The van der Waals surface area contributed by atoms with Gasteiger partial charge in [0, 0.05) is 25.2 Å². The van der Waals surface area contributed by atoms with Gasteiger partial charge in [-0.15, -0.1) is 0 Å². The van der Waals surface area contributed by atoms with E-state index in [1.807, 2.05) is 0 Å². The maximum absolute atomic E-state index is 6.12. The van der Waals surface area contributed by atoms with E-state index in [1.54, 1.807) is 0 Å². The average molecular weight is 240 g/mol. The van der Waals surface area contributed by atoms with Crippen LogP contribution in [0.5, 0.6) is 0 Å². The molecule has 2 unspecified atom stereocenters. The van der Waals surface area contributed by atoms with Gasteiger partial charge in [0.15, 0.2) is 0 Å². The Labute approximate surface area is 106 Å². The first kappa shape index (κ1) is 13.3. The molecule has 0 aromatic rings. The predicted molar refractivity (Wildman–Crippen MR) is 71.0 cm³/mol. The summed E-state index contributed by atoms with van der Waals surface area (Å²) in [5, 5.41) is 0. The van der Waals surface area contributed by atoms with Crippen molar-refractivity contribution in [1.29, 1.82) is 0 Å². The van der Waals surface area contributed by atoms with E-state index < -0.39 is 0 Å². The van der Waals surface area contributed by atoms with Gasteiger partial charge < -0.3 is 10.5 Å². The highest BCUT2D eigenvalue weighted by molar-refractivity contribution is 5.01. The highest BCUT2D eigenvalue weighted by Crippen LogP contribution is 2.41. The molecule has 3 heteroatoms. The Kier molecular flexibility index (Phi) is 3.81. The lowest BCUT2D eigenvalue weighted by atomic mass is 9.90. The van der Waals surface area contributed by atoms with Gasteiger partial charge >= 0.3 is 0 Å². The minimum Gasteiger partial charge on any atom is -0.373 e. The lowest BCUT2D eigenvalue weighted by Crippen LogP contribution is -2.60. The number of rotatable bonds is 3. The summed E-state index contributed by atoms with van der Waals surface area (Å²) in [6.07, 6.45) is 5.22. The fraction of sp³-hybridized carbons (Fsp3) is 1.00. The Bertz CT molecular complexity index is 267. The van der Waals surface area contributed by atoms with Gasteiger partial charge in [-0.3, -0.25) is 4.90 Å². The van der Waals surface area contributed by atoms with Gasteiger partial charge in [0.2, 0.25) is 0 Å². The average Bonchev–Trinajstić information content (AvgIpc) is 2.72. The molecule has 0 aromatic carbocycles. The number of hydrogen-bond acceptors (Lipinski definition) is 3. The first-order chi connectivity index (χ1) is 8.01. The standard InChI is InChI=1S/C14H28N2O/c1-4-12-5-6-14(9-12,10-15)16-7-8-17-13(2,3)11-16/h12H,4-11,15H2,1-3H3. The largest absolute Gasteiger partial charge is 0.373 e. The summed E-state index contributed by atoms with van der Waals surface area (Å²) in [5.41, 5.74) is 6.38. The van der Waals surface area contributed by atoms with Crippen LogP contribution < -0.4 is 5.73 Å². The highest BCUT2D eigenvalue weighted by Gasteiger charge is 2.45. The molecule has 1 aliphatic carbocycles. The van der Waals surface area contributed by atoms with Crippen LogP contribution in [-0.2, 0) is 4.74 Å². The topological polar surface area (TPSA) is 38.5 Å². The van der Waals surface area contributed by atoms with Crippen LogP contribution in [0.3, 0.4) is 0 Å². The maximum atomic E-state index is 6.12. The first-order valence-corrected chi connectivity index (χ1v) is 7.10. The van der Waals surface area contributed by atoms with Gasteiger partial charge in [0.25, 0.3) is 0 Å². The van der Waals surface area contributed by atoms with Crippen molar-refractivity contribution in [2.75, 3.05) is 26.2 Å². The number of ether oxygens (including phenoxy) is 1. The van der Waals surface area contributed by atoms with E-state index >= 15 is 0 Å². The van der Waals surface area contributed by atoms with Crippen LogP contribution in [0.15, 0.2) is 0 Å². The van der Waals surface area contributed by atoms with Crippen LogP contribution >= 0.6 is 0 Å². The van der Waals surface area contributed by atoms with Crippen LogP contribution in [0.4, 0.5) is 0 Å². The molecule has 1 heterocycles. The summed E-state index contributed by atoms with van der Waals surface area (Å²) in [7, 11) is 0. The molecule has 2 aliphatic rings. The van der Waals surface area contributed by atoms with E-state index in [1.165, 1.54) is 25.7 Å². The smallest absolute Gasteiger partial charge is 0.0753 e. The Morgan fingerprint density at radius 2 is 2.18 bits per heavy atom. The normalized spacial score (nSPS) is 38.5. The molecular weight excluding hydrogens is 212 g/mol. The second kappa shape index (κ2) is 4.87. The van der Waals surface area contributed by atoms with Gasteiger partial charge in [-0.05, 0) is 39.0 Å². The highest BCUT2D eigenvalue weighted by atomic mass is 16.5. The van der Waals surface area contributed by atoms with E-state index in [9.17, 15) is 0 Å². The number of nitrogens with zero attached hydrogens (tertiary/aromatic N) is 1. The SMILES string of the molecule is CCC1CCC(CN)(N2CCOC(C)(C)C2)C1. The number of nitrogens with two attached hydrogens (primary N) is 1. The van der Waals surface area contributed by atoms with E-state index in [0.29, 0.717) is 0 Å². The van der Waals surface area contributed by atoms with Crippen molar-refractivity contribution in [3.8, 4) is 0 Å². The van der Waals surface area contributed by atoms with Crippen LogP contribution in [0.2, 0.25) is 0 Å². The zero-order chi connectivity index (χ0) is 12.5.